The van der Waals surface area contributed by atoms with Crippen LogP contribution in [0.3, 0.4) is 0 Å². The SMILES string of the molecule is N=C(N)c1ccc(C(=O)NN2CCc3ccccc3C2=O)cc1. The van der Waals surface area contributed by atoms with Crippen molar-refractivity contribution in [3.63, 3.8) is 0 Å². The van der Waals surface area contributed by atoms with Crippen molar-refractivity contribution in [2.45, 2.75) is 6.42 Å². The van der Waals surface area contributed by atoms with E-state index in [-0.39, 0.29) is 17.6 Å². The molecule has 1 aliphatic heterocycles. The van der Waals surface area contributed by atoms with Crippen LogP contribution in [0.1, 0.15) is 31.8 Å². The predicted octanol–water partition coefficient (Wildman–Crippen LogP) is 1.31. The number of hydrazine groups is 1. The highest BCUT2D eigenvalue weighted by Crippen LogP contribution is 2.17. The molecule has 3 rings (SSSR count). The first-order chi connectivity index (χ1) is 11.1. The number of fused-ring (bicyclic) bond motifs is 1. The van der Waals surface area contributed by atoms with Gasteiger partial charge in [0.15, 0.2) is 0 Å². The smallest absolute Gasteiger partial charge is 0.272 e. The van der Waals surface area contributed by atoms with Crippen LogP contribution >= 0.6 is 0 Å². The van der Waals surface area contributed by atoms with Gasteiger partial charge in [-0.15, -0.1) is 0 Å². The molecule has 0 aliphatic carbocycles. The van der Waals surface area contributed by atoms with E-state index < -0.39 is 0 Å². The topological polar surface area (TPSA) is 99.3 Å². The Bertz CT molecular complexity index is 783. The Morgan fingerprint density at radius 1 is 1.09 bits per heavy atom. The zero-order chi connectivity index (χ0) is 16.4. The lowest BCUT2D eigenvalue weighted by molar-refractivity contribution is 0.0568. The second-order valence-electron chi connectivity index (χ2n) is 5.30. The summed E-state index contributed by atoms with van der Waals surface area (Å²) in [5.41, 5.74) is 10.6. The van der Waals surface area contributed by atoms with Gasteiger partial charge in [-0.25, -0.2) is 5.01 Å². The van der Waals surface area contributed by atoms with E-state index in [1.54, 1.807) is 30.3 Å². The molecule has 0 aromatic heterocycles. The van der Waals surface area contributed by atoms with Gasteiger partial charge in [-0.05, 0) is 30.2 Å². The van der Waals surface area contributed by atoms with Crippen LogP contribution in [0.4, 0.5) is 0 Å². The number of amidine groups is 1. The van der Waals surface area contributed by atoms with Crippen LogP contribution in [0.5, 0.6) is 0 Å². The van der Waals surface area contributed by atoms with E-state index in [1.807, 2.05) is 18.2 Å². The van der Waals surface area contributed by atoms with E-state index in [4.69, 9.17) is 11.1 Å². The lowest BCUT2D eigenvalue weighted by atomic mass is 10.0. The first kappa shape index (κ1) is 14.8. The number of nitrogens with one attached hydrogen (secondary N) is 2. The van der Waals surface area contributed by atoms with Crippen LogP contribution in [0.2, 0.25) is 0 Å². The summed E-state index contributed by atoms with van der Waals surface area (Å²) >= 11 is 0. The van der Waals surface area contributed by atoms with Gasteiger partial charge in [-0.1, -0.05) is 30.3 Å². The molecule has 0 saturated carbocycles. The number of rotatable bonds is 3. The Morgan fingerprint density at radius 3 is 2.43 bits per heavy atom. The summed E-state index contributed by atoms with van der Waals surface area (Å²) in [6.45, 7) is 0.438. The first-order valence-electron chi connectivity index (χ1n) is 7.21. The van der Waals surface area contributed by atoms with Gasteiger partial charge >= 0.3 is 0 Å². The molecule has 6 heteroatoms. The molecular weight excluding hydrogens is 292 g/mol. The number of nitrogen functional groups attached to an aromatic ring is 1. The van der Waals surface area contributed by atoms with Gasteiger partial charge in [-0.2, -0.15) is 0 Å². The zero-order valence-corrected chi connectivity index (χ0v) is 12.4. The molecule has 1 aliphatic rings. The number of hydrogen-bond acceptors (Lipinski definition) is 3. The molecule has 2 aromatic rings. The summed E-state index contributed by atoms with van der Waals surface area (Å²) in [6, 6.07) is 13.8. The van der Waals surface area contributed by atoms with Crippen LogP contribution in [0.25, 0.3) is 0 Å². The minimum Gasteiger partial charge on any atom is -0.384 e. The Balaban J connectivity index is 1.73. The minimum absolute atomic E-state index is 0.0558. The van der Waals surface area contributed by atoms with Crippen molar-refractivity contribution in [1.29, 1.82) is 5.41 Å². The van der Waals surface area contributed by atoms with Crippen molar-refractivity contribution in [3.8, 4) is 0 Å². The predicted molar refractivity (Wildman–Crippen MR) is 86.1 cm³/mol. The van der Waals surface area contributed by atoms with E-state index in [9.17, 15) is 9.59 Å². The normalized spacial score (nSPS) is 13.4. The van der Waals surface area contributed by atoms with Crippen molar-refractivity contribution in [2.24, 2.45) is 5.73 Å². The minimum atomic E-state index is -0.368. The standard InChI is InChI=1S/C17H16N4O2/c18-15(19)12-5-7-13(8-6-12)16(22)20-21-10-9-11-3-1-2-4-14(11)17(21)23/h1-8H,9-10H2,(H3,18,19)(H,20,22). The van der Waals surface area contributed by atoms with Crippen molar-refractivity contribution >= 4 is 17.6 Å². The highest BCUT2D eigenvalue weighted by molar-refractivity contribution is 6.01. The van der Waals surface area contributed by atoms with Gasteiger partial charge in [0.05, 0.1) is 0 Å². The number of hydrogen-bond donors (Lipinski definition) is 3. The number of carbonyl (C=O) groups is 2. The Hall–Kier alpha value is -3.15. The average Bonchev–Trinajstić information content (AvgIpc) is 2.57. The molecule has 0 unspecified atom stereocenters. The summed E-state index contributed by atoms with van der Waals surface area (Å²) < 4.78 is 0. The molecule has 0 saturated heterocycles. The third-order valence-electron chi connectivity index (χ3n) is 3.79. The maximum Gasteiger partial charge on any atom is 0.272 e. The highest BCUT2D eigenvalue weighted by Gasteiger charge is 2.25. The summed E-state index contributed by atoms with van der Waals surface area (Å²) in [5.74, 6) is -0.631. The zero-order valence-electron chi connectivity index (χ0n) is 12.4. The molecule has 0 spiro atoms. The summed E-state index contributed by atoms with van der Waals surface area (Å²) in [7, 11) is 0. The molecule has 0 fully saturated rings. The van der Waals surface area contributed by atoms with Gasteiger partial charge in [0.25, 0.3) is 11.8 Å². The number of amides is 2. The summed E-state index contributed by atoms with van der Waals surface area (Å²) in [5, 5.41) is 8.68. The van der Waals surface area contributed by atoms with Crippen molar-refractivity contribution in [1.82, 2.24) is 10.4 Å². The maximum atomic E-state index is 12.4. The van der Waals surface area contributed by atoms with E-state index in [0.717, 1.165) is 5.56 Å². The van der Waals surface area contributed by atoms with Gasteiger partial charge in [0.2, 0.25) is 0 Å². The Labute approximate surface area is 133 Å². The molecule has 2 amide bonds. The molecule has 6 nitrogen and oxygen atoms in total. The third kappa shape index (κ3) is 2.91. The monoisotopic (exact) mass is 308 g/mol. The molecule has 0 atom stereocenters. The molecule has 2 aromatic carbocycles. The lowest BCUT2D eigenvalue weighted by Gasteiger charge is -2.28. The highest BCUT2D eigenvalue weighted by atomic mass is 16.2. The summed E-state index contributed by atoms with van der Waals surface area (Å²) in [4.78, 5) is 24.7. The van der Waals surface area contributed by atoms with Gasteiger partial charge in [0, 0.05) is 23.2 Å². The second kappa shape index (κ2) is 5.92. The van der Waals surface area contributed by atoms with Crippen LogP contribution in [0.15, 0.2) is 48.5 Å². The number of benzene rings is 2. The van der Waals surface area contributed by atoms with Crippen LogP contribution < -0.4 is 11.2 Å². The van der Waals surface area contributed by atoms with E-state index >= 15 is 0 Å². The second-order valence-corrected chi connectivity index (χ2v) is 5.30. The fourth-order valence-electron chi connectivity index (χ4n) is 2.52. The van der Waals surface area contributed by atoms with Crippen molar-refractivity contribution in [2.75, 3.05) is 6.54 Å². The molecule has 23 heavy (non-hydrogen) atoms. The molecule has 1 heterocycles. The largest absolute Gasteiger partial charge is 0.384 e. The average molecular weight is 308 g/mol. The molecule has 4 N–H and O–H groups in total. The molecule has 116 valence electrons. The van der Waals surface area contributed by atoms with E-state index in [1.165, 1.54) is 5.01 Å². The first-order valence-corrected chi connectivity index (χ1v) is 7.21. The van der Waals surface area contributed by atoms with Crippen LogP contribution in [-0.4, -0.2) is 29.2 Å². The molecular formula is C17H16N4O2. The number of carbonyl (C=O) groups excluding carboxylic acids is 2. The third-order valence-corrected chi connectivity index (χ3v) is 3.79. The van der Waals surface area contributed by atoms with Crippen LogP contribution in [-0.2, 0) is 6.42 Å². The number of nitrogens with two attached hydrogens (primary N) is 1. The number of nitrogens with zero attached hydrogens (tertiary/aromatic N) is 1. The molecule has 0 bridgehead atoms. The van der Waals surface area contributed by atoms with Gasteiger partial charge in [-0.3, -0.25) is 20.4 Å². The maximum absolute atomic E-state index is 12.4. The van der Waals surface area contributed by atoms with Crippen molar-refractivity contribution < 1.29 is 9.59 Å². The Kier molecular flexibility index (Phi) is 3.80. The van der Waals surface area contributed by atoms with E-state index in [0.29, 0.717) is 29.7 Å². The van der Waals surface area contributed by atoms with Crippen LogP contribution in [0, 0.1) is 5.41 Å². The van der Waals surface area contributed by atoms with Crippen molar-refractivity contribution in [3.05, 3.63) is 70.8 Å². The quantitative estimate of drug-likeness (QED) is 0.589. The Morgan fingerprint density at radius 2 is 1.74 bits per heavy atom. The van der Waals surface area contributed by atoms with E-state index in [2.05, 4.69) is 5.43 Å². The van der Waals surface area contributed by atoms with Gasteiger partial charge < -0.3 is 5.73 Å². The summed E-state index contributed by atoms with van der Waals surface area (Å²) in [6.07, 6.45) is 0.700. The van der Waals surface area contributed by atoms with Gasteiger partial charge in [0.1, 0.15) is 5.84 Å². The lowest BCUT2D eigenvalue weighted by Crippen LogP contribution is -2.49. The fraction of sp³-hybridized carbons (Fsp3) is 0.118. The molecule has 0 radical (unpaired) electrons. The fourth-order valence-corrected chi connectivity index (χ4v) is 2.52.